The highest BCUT2D eigenvalue weighted by Crippen LogP contribution is 2.37. The van der Waals surface area contributed by atoms with Crippen LogP contribution in [0.3, 0.4) is 0 Å². The van der Waals surface area contributed by atoms with E-state index in [2.05, 4.69) is 5.16 Å². The first-order chi connectivity index (χ1) is 12.0. The van der Waals surface area contributed by atoms with Crippen LogP contribution in [0.25, 0.3) is 0 Å². The third-order valence-electron chi connectivity index (χ3n) is 4.12. The lowest BCUT2D eigenvalue weighted by Gasteiger charge is -2.16. The average molecular weight is 379 g/mol. The summed E-state index contributed by atoms with van der Waals surface area (Å²) in [7, 11) is 0. The molecule has 1 saturated heterocycles. The van der Waals surface area contributed by atoms with E-state index in [1.165, 1.54) is 12.1 Å². The van der Waals surface area contributed by atoms with Gasteiger partial charge in [0.15, 0.2) is 0 Å². The SMILES string of the molecule is O=C1[C@H]2C(c3ccccc3Cl)=NO[C@@H]2C(=O)N1c1ccc(F)c(Cl)c1. The number of rotatable bonds is 2. The van der Waals surface area contributed by atoms with Crippen LogP contribution in [0, 0.1) is 11.7 Å². The minimum atomic E-state index is -1.07. The summed E-state index contributed by atoms with van der Waals surface area (Å²) in [6.07, 6.45) is -1.07. The van der Waals surface area contributed by atoms with Crippen LogP contribution in [-0.2, 0) is 14.4 Å². The normalized spacial score (nSPS) is 22.0. The van der Waals surface area contributed by atoms with Crippen molar-refractivity contribution >= 4 is 46.4 Å². The second-order valence-corrected chi connectivity index (χ2v) is 6.38. The topological polar surface area (TPSA) is 59.0 Å². The number of hydrogen-bond acceptors (Lipinski definition) is 4. The van der Waals surface area contributed by atoms with E-state index in [1.807, 2.05) is 0 Å². The van der Waals surface area contributed by atoms with Gasteiger partial charge < -0.3 is 4.84 Å². The number of amides is 2. The summed E-state index contributed by atoms with van der Waals surface area (Å²) in [5.74, 6) is -2.65. The van der Waals surface area contributed by atoms with Gasteiger partial charge in [-0.25, -0.2) is 9.29 Å². The maximum Gasteiger partial charge on any atom is 0.278 e. The molecule has 0 aliphatic carbocycles. The summed E-state index contributed by atoms with van der Waals surface area (Å²) >= 11 is 11.9. The zero-order valence-electron chi connectivity index (χ0n) is 12.4. The summed E-state index contributed by atoms with van der Waals surface area (Å²) in [4.78, 5) is 31.6. The summed E-state index contributed by atoms with van der Waals surface area (Å²) in [5.41, 5.74) is 0.999. The van der Waals surface area contributed by atoms with Gasteiger partial charge in [-0.1, -0.05) is 46.6 Å². The average Bonchev–Trinajstić information content (AvgIpc) is 3.12. The van der Waals surface area contributed by atoms with E-state index >= 15 is 0 Å². The van der Waals surface area contributed by atoms with E-state index in [0.717, 1.165) is 11.0 Å². The molecule has 2 aliphatic heterocycles. The first kappa shape index (κ1) is 16.1. The van der Waals surface area contributed by atoms with Crippen LogP contribution in [0.2, 0.25) is 10.0 Å². The molecule has 25 heavy (non-hydrogen) atoms. The zero-order chi connectivity index (χ0) is 17.7. The number of benzene rings is 2. The Labute approximate surface area is 151 Å². The molecule has 4 rings (SSSR count). The molecule has 8 heteroatoms. The molecule has 0 aromatic heterocycles. The van der Waals surface area contributed by atoms with Crippen molar-refractivity contribution in [3.8, 4) is 0 Å². The number of carbonyl (C=O) groups is 2. The van der Waals surface area contributed by atoms with Crippen molar-refractivity contribution in [1.82, 2.24) is 0 Å². The predicted octanol–water partition coefficient (Wildman–Crippen LogP) is 3.43. The van der Waals surface area contributed by atoms with Gasteiger partial charge in [-0.3, -0.25) is 9.59 Å². The number of nitrogens with zero attached hydrogens (tertiary/aromatic N) is 2. The summed E-state index contributed by atoms with van der Waals surface area (Å²) in [6.45, 7) is 0. The fraction of sp³-hybridized carbons (Fsp3) is 0.118. The maximum absolute atomic E-state index is 13.4. The van der Waals surface area contributed by atoms with E-state index in [4.69, 9.17) is 28.0 Å². The number of anilines is 1. The highest BCUT2D eigenvalue weighted by atomic mass is 35.5. The predicted molar refractivity (Wildman–Crippen MR) is 90.3 cm³/mol. The molecule has 2 aliphatic rings. The maximum atomic E-state index is 13.4. The molecule has 0 radical (unpaired) electrons. The molecule has 2 aromatic rings. The Morgan fingerprint density at radius 2 is 1.80 bits per heavy atom. The molecule has 126 valence electrons. The molecule has 5 nitrogen and oxygen atoms in total. The van der Waals surface area contributed by atoms with Crippen molar-refractivity contribution < 1.29 is 18.8 Å². The number of imide groups is 1. The second kappa shape index (κ2) is 5.82. The largest absolute Gasteiger partial charge is 0.381 e. The molecule has 2 aromatic carbocycles. The van der Waals surface area contributed by atoms with Crippen LogP contribution in [0.4, 0.5) is 10.1 Å². The molecule has 0 bridgehead atoms. The van der Waals surface area contributed by atoms with Crippen LogP contribution in [0.15, 0.2) is 47.6 Å². The summed E-state index contributed by atoms with van der Waals surface area (Å²) in [5, 5.41) is 4.10. The molecule has 2 heterocycles. The Kier molecular flexibility index (Phi) is 3.74. The number of hydrogen-bond donors (Lipinski definition) is 0. The van der Waals surface area contributed by atoms with Gasteiger partial charge >= 0.3 is 0 Å². The van der Waals surface area contributed by atoms with E-state index in [1.54, 1.807) is 24.3 Å². The van der Waals surface area contributed by atoms with Gasteiger partial charge in [-0.05, 0) is 24.3 Å². The van der Waals surface area contributed by atoms with Crippen molar-refractivity contribution in [2.24, 2.45) is 11.1 Å². The van der Waals surface area contributed by atoms with Gasteiger partial charge in [0.1, 0.15) is 17.4 Å². The molecule has 2 atom stereocenters. The fourth-order valence-electron chi connectivity index (χ4n) is 2.95. The lowest BCUT2D eigenvalue weighted by molar-refractivity contribution is -0.126. The van der Waals surface area contributed by atoms with Crippen molar-refractivity contribution in [3.63, 3.8) is 0 Å². The van der Waals surface area contributed by atoms with Gasteiger partial charge in [0.25, 0.3) is 5.91 Å². The molecule has 1 fully saturated rings. The lowest BCUT2D eigenvalue weighted by Crippen LogP contribution is -2.33. The Bertz CT molecular complexity index is 947. The van der Waals surface area contributed by atoms with Gasteiger partial charge in [0, 0.05) is 10.6 Å². The van der Waals surface area contributed by atoms with Crippen LogP contribution in [0.5, 0.6) is 0 Å². The van der Waals surface area contributed by atoms with Crippen LogP contribution < -0.4 is 4.90 Å². The van der Waals surface area contributed by atoms with E-state index < -0.39 is 29.7 Å². The third kappa shape index (κ3) is 2.41. The van der Waals surface area contributed by atoms with E-state index in [0.29, 0.717) is 16.3 Å². The number of halogens is 3. The Morgan fingerprint density at radius 3 is 2.52 bits per heavy atom. The van der Waals surface area contributed by atoms with Crippen LogP contribution >= 0.6 is 23.2 Å². The molecular formula is C17H9Cl2FN2O3. The van der Waals surface area contributed by atoms with Gasteiger partial charge in [0.05, 0.1) is 10.7 Å². The van der Waals surface area contributed by atoms with Crippen molar-refractivity contribution in [2.75, 3.05) is 4.90 Å². The molecule has 0 saturated carbocycles. The minimum Gasteiger partial charge on any atom is -0.381 e. The summed E-state index contributed by atoms with van der Waals surface area (Å²) in [6, 6.07) is 10.5. The quantitative estimate of drug-likeness (QED) is 0.752. The standard InChI is InChI=1S/C17H9Cl2FN2O3/c18-10-4-2-1-3-9(10)14-13-15(25-21-14)17(24)22(16(13)23)8-5-6-12(20)11(19)7-8/h1-7,13,15H/t13-,15-/m0/s1. The smallest absolute Gasteiger partial charge is 0.278 e. The third-order valence-corrected chi connectivity index (χ3v) is 4.74. The van der Waals surface area contributed by atoms with Gasteiger partial charge in [-0.2, -0.15) is 0 Å². The second-order valence-electron chi connectivity index (χ2n) is 5.57. The Hall–Kier alpha value is -2.44. The Balaban J connectivity index is 1.74. The van der Waals surface area contributed by atoms with E-state index in [9.17, 15) is 14.0 Å². The van der Waals surface area contributed by atoms with Crippen molar-refractivity contribution in [2.45, 2.75) is 6.10 Å². The van der Waals surface area contributed by atoms with E-state index in [-0.39, 0.29) is 10.7 Å². The monoisotopic (exact) mass is 378 g/mol. The molecule has 0 N–H and O–H groups in total. The minimum absolute atomic E-state index is 0.179. The lowest BCUT2D eigenvalue weighted by atomic mass is 9.94. The van der Waals surface area contributed by atoms with Crippen LogP contribution in [0.1, 0.15) is 5.56 Å². The number of fused-ring (bicyclic) bond motifs is 1. The molecular weight excluding hydrogens is 370 g/mol. The Morgan fingerprint density at radius 1 is 1.04 bits per heavy atom. The highest BCUT2D eigenvalue weighted by molar-refractivity contribution is 6.38. The number of oxime groups is 1. The molecule has 0 spiro atoms. The fourth-order valence-corrected chi connectivity index (χ4v) is 3.36. The van der Waals surface area contributed by atoms with Gasteiger partial charge in [-0.15, -0.1) is 0 Å². The van der Waals surface area contributed by atoms with Crippen molar-refractivity contribution in [3.05, 3.63) is 63.9 Å². The first-order valence-electron chi connectivity index (χ1n) is 7.30. The van der Waals surface area contributed by atoms with Gasteiger partial charge in [0.2, 0.25) is 12.0 Å². The number of carbonyl (C=O) groups excluding carboxylic acids is 2. The van der Waals surface area contributed by atoms with Crippen molar-refractivity contribution in [1.29, 1.82) is 0 Å². The molecule has 2 amide bonds. The zero-order valence-corrected chi connectivity index (χ0v) is 14.0. The highest BCUT2D eigenvalue weighted by Gasteiger charge is 2.56. The molecule has 0 unspecified atom stereocenters. The first-order valence-corrected chi connectivity index (χ1v) is 8.06. The summed E-state index contributed by atoms with van der Waals surface area (Å²) < 4.78 is 13.4. The van der Waals surface area contributed by atoms with Crippen LogP contribution in [-0.4, -0.2) is 23.6 Å².